The Morgan fingerprint density at radius 3 is 1.17 bits per heavy atom. The molecule has 1 aliphatic carbocycles. The van der Waals surface area contributed by atoms with Crippen molar-refractivity contribution in [1.82, 2.24) is 0 Å². The molecule has 3 nitrogen and oxygen atoms in total. The SMILES string of the molecule is C.C1=CCC/C=C\CC1.C[C@H]1CC[C@H](C)[P+]12C1=C(C(=O)OC1=O)[P+]1([C@@H](C)CC[C@@H]1C)C2(C)C.C[CH+]C.FB(F)F.[F-]. The maximum absolute atomic E-state index is 12.9. The van der Waals surface area contributed by atoms with Crippen molar-refractivity contribution in [1.29, 1.82) is 0 Å². The second-order valence-corrected chi connectivity index (χ2v) is 22.0. The summed E-state index contributed by atoms with van der Waals surface area (Å²) in [4.78, 5) is 25.9. The van der Waals surface area contributed by atoms with Crippen molar-refractivity contribution in [2.45, 2.75) is 142 Å². The lowest BCUT2D eigenvalue weighted by atomic mass is 10.1. The van der Waals surface area contributed by atoms with Crippen molar-refractivity contribution in [2.24, 2.45) is 0 Å². The van der Waals surface area contributed by atoms with E-state index in [1.807, 2.05) is 20.3 Å². The van der Waals surface area contributed by atoms with E-state index in [4.69, 9.17) is 4.74 Å². The lowest BCUT2D eigenvalue weighted by molar-refractivity contribution is -0.150. The minimum absolute atomic E-state index is 0. The maximum atomic E-state index is 12.9. The molecule has 5 aliphatic rings. The van der Waals surface area contributed by atoms with Gasteiger partial charge in [0.2, 0.25) is 10.6 Å². The van der Waals surface area contributed by atoms with Gasteiger partial charge in [0.05, 0.1) is 42.9 Å². The topological polar surface area (TPSA) is 43.4 Å². The van der Waals surface area contributed by atoms with Crippen LogP contribution < -0.4 is 4.70 Å². The number of halogens is 4. The highest BCUT2D eigenvalue weighted by atomic mass is 31.2. The fourth-order valence-electron chi connectivity index (χ4n) is 8.39. The van der Waals surface area contributed by atoms with Crippen LogP contribution in [-0.4, -0.2) is 47.0 Å². The summed E-state index contributed by atoms with van der Waals surface area (Å²) in [7, 11) is -7.14. The number of carbonyl (C=O) groups is 2. The van der Waals surface area contributed by atoms with Gasteiger partial charge in [-0.2, -0.15) is 0 Å². The monoisotopic (exact) mass is 622 g/mol. The summed E-state index contributed by atoms with van der Waals surface area (Å²) in [5.74, 6) is -0.527. The number of esters is 2. The van der Waals surface area contributed by atoms with Gasteiger partial charge in [0.15, 0.2) is 4.90 Å². The predicted octanol–water partition coefficient (Wildman–Crippen LogP) is 7.63. The molecule has 4 heterocycles. The van der Waals surface area contributed by atoms with Crippen molar-refractivity contribution in [3.63, 3.8) is 0 Å². The van der Waals surface area contributed by atoms with Crippen molar-refractivity contribution >= 4 is 34.0 Å². The van der Waals surface area contributed by atoms with E-state index in [1.165, 1.54) is 51.4 Å². The fraction of sp³-hybridized carbons (Fsp3) is 0.710. The zero-order valence-corrected chi connectivity index (χ0v) is 27.4. The fourth-order valence-corrected chi connectivity index (χ4v) is 27.3. The summed E-state index contributed by atoms with van der Waals surface area (Å²) in [5.41, 5.74) is 2.19. The molecule has 0 aromatic rings. The van der Waals surface area contributed by atoms with Gasteiger partial charge in [-0.1, -0.05) is 31.7 Å². The molecule has 0 amide bonds. The molecule has 0 radical (unpaired) electrons. The lowest BCUT2D eigenvalue weighted by Gasteiger charge is -2.45. The highest BCUT2D eigenvalue weighted by molar-refractivity contribution is 8.03. The van der Waals surface area contributed by atoms with E-state index in [0.29, 0.717) is 22.6 Å². The molecule has 4 atom stereocenters. The molecule has 10 heteroatoms. The number of hydrogen-bond donors (Lipinski definition) is 0. The molecule has 0 unspecified atom stereocenters. The van der Waals surface area contributed by atoms with Crippen LogP contribution in [0.2, 0.25) is 0 Å². The molecule has 2 fully saturated rings. The molecule has 0 N–H and O–H groups in total. The number of allylic oxidation sites excluding steroid dienone is 4. The minimum atomic E-state index is -3.67. The molecule has 0 bridgehead atoms. The molecule has 41 heavy (non-hydrogen) atoms. The Morgan fingerprint density at radius 2 is 0.951 bits per heavy atom. The Labute approximate surface area is 248 Å². The van der Waals surface area contributed by atoms with E-state index < -0.39 is 22.1 Å². The Morgan fingerprint density at radius 1 is 0.732 bits per heavy atom. The largest absolute Gasteiger partial charge is 1.00 e. The first-order chi connectivity index (χ1) is 18.3. The van der Waals surface area contributed by atoms with Crippen LogP contribution in [0.3, 0.4) is 0 Å². The highest BCUT2D eigenvalue weighted by Crippen LogP contribution is 3.06. The van der Waals surface area contributed by atoms with Gasteiger partial charge in [-0.25, -0.2) is 9.59 Å². The van der Waals surface area contributed by atoms with Gasteiger partial charge in [-0.15, -0.1) is 0 Å². The average molecular weight is 623 g/mol. The Bertz CT molecular complexity index is 864. The number of fused-ring (bicyclic) bond motifs is 2. The normalized spacial score (nSPS) is 30.0. The van der Waals surface area contributed by atoms with E-state index in [-0.39, 0.29) is 29.0 Å². The molecular weight excluding hydrogens is 569 g/mol. The standard InChI is InChI=1S/C19H30O3P2.C8H12.C3H7.CH4.BF3.FH/c1-11-7-8-12(2)23(11)15-16(18(21)22-17(15)20)24(19(23,5)6)13(3)9-10-14(24)4;1-2-4-6-8-7-5-3-1;1-3-2;;2-1(3)4;/h11-14H,7-10H2,1-6H3;1-2,7-8H,3-6H2;3H,1-2H3;1H4;;1H/q+2;;+1;;;/p-1/b;2-1-,8-7?;;;;/t11-,12-,13-,14-;;;;;/m0...../s1. The summed E-state index contributed by atoms with van der Waals surface area (Å²) in [5, 5.41) is 1.87. The van der Waals surface area contributed by atoms with Gasteiger partial charge in [-0.3, -0.25) is 12.9 Å². The first-order valence-electron chi connectivity index (χ1n) is 14.5. The molecule has 234 valence electrons. The van der Waals surface area contributed by atoms with Crippen LogP contribution >= 0.6 is 14.5 Å². The second-order valence-electron chi connectivity index (χ2n) is 11.9. The number of hydrogen-bond acceptors (Lipinski definition) is 3. The van der Waals surface area contributed by atoms with Gasteiger partial charge in [0.1, 0.15) is 14.5 Å². The van der Waals surface area contributed by atoms with Gasteiger partial charge in [-0.05, 0) is 79.1 Å². The van der Waals surface area contributed by atoms with E-state index >= 15 is 0 Å². The minimum Gasteiger partial charge on any atom is -1.00 e. The Kier molecular flexibility index (Phi) is 16.2. The smallest absolute Gasteiger partial charge is 0.762 e. The van der Waals surface area contributed by atoms with Gasteiger partial charge in [0, 0.05) is 13.8 Å². The average Bonchev–Trinajstić information content (AvgIpc) is 3.44. The summed E-state index contributed by atoms with van der Waals surface area (Å²) in [6.45, 7) is 18.3. The molecule has 5 rings (SSSR count). The third kappa shape index (κ3) is 7.00. The van der Waals surface area contributed by atoms with Crippen LogP contribution in [0.5, 0.6) is 0 Å². The zero-order chi connectivity index (χ0) is 29.6. The summed E-state index contributed by atoms with van der Waals surface area (Å²) in [6, 6.07) is 0. The van der Waals surface area contributed by atoms with E-state index in [9.17, 15) is 22.5 Å². The van der Waals surface area contributed by atoms with Crippen molar-refractivity contribution < 1.29 is 32.0 Å². The maximum Gasteiger partial charge on any atom is 0.762 e. The third-order valence-corrected chi connectivity index (χ3v) is 24.1. The van der Waals surface area contributed by atoms with Crippen LogP contribution in [0.4, 0.5) is 12.9 Å². The van der Waals surface area contributed by atoms with Crippen LogP contribution in [0.15, 0.2) is 34.9 Å². The number of rotatable bonds is 0. The molecule has 0 aromatic carbocycles. The van der Waals surface area contributed by atoms with Gasteiger partial charge >= 0.3 is 19.5 Å². The Balaban J connectivity index is 0.000000786. The van der Waals surface area contributed by atoms with Crippen LogP contribution in [-0.2, 0) is 14.3 Å². The number of cyclic esters (lactones) is 2. The van der Waals surface area contributed by atoms with Crippen molar-refractivity contribution in [3.05, 3.63) is 41.4 Å². The van der Waals surface area contributed by atoms with E-state index in [0.717, 1.165) is 10.6 Å². The van der Waals surface area contributed by atoms with Crippen LogP contribution in [0, 0.1) is 6.42 Å². The second kappa shape index (κ2) is 16.6. The molecular formula is C31H53BF4O3P2+2. The highest BCUT2D eigenvalue weighted by Gasteiger charge is 2.89. The third-order valence-electron chi connectivity index (χ3n) is 9.47. The summed E-state index contributed by atoms with van der Waals surface area (Å²) in [6.07, 6.45) is 20.8. The van der Waals surface area contributed by atoms with Crippen molar-refractivity contribution in [2.75, 3.05) is 0 Å². The summed E-state index contributed by atoms with van der Waals surface area (Å²) >= 11 is 0. The van der Waals surface area contributed by atoms with Crippen molar-refractivity contribution in [3.8, 4) is 0 Å². The van der Waals surface area contributed by atoms with E-state index in [2.05, 4.69) is 65.8 Å². The summed E-state index contributed by atoms with van der Waals surface area (Å²) < 4.78 is 34.3. The zero-order valence-electron chi connectivity index (χ0n) is 25.6. The molecule has 0 saturated carbocycles. The van der Waals surface area contributed by atoms with Gasteiger partial charge in [0.25, 0.3) is 0 Å². The number of ether oxygens (including phenoxy) is 1. The molecule has 2 saturated heterocycles. The molecule has 0 aromatic heterocycles. The van der Waals surface area contributed by atoms with Crippen LogP contribution in [0.25, 0.3) is 0 Å². The first-order valence-corrected chi connectivity index (χ1v) is 18.4. The van der Waals surface area contributed by atoms with Gasteiger partial charge < -0.3 is 9.44 Å². The van der Waals surface area contributed by atoms with E-state index in [1.54, 1.807) is 0 Å². The predicted molar refractivity (Wildman–Crippen MR) is 171 cm³/mol. The lowest BCUT2D eigenvalue weighted by Crippen LogP contribution is -3.00. The Hall–Kier alpha value is -1.13. The van der Waals surface area contributed by atoms with Crippen LogP contribution in [0.1, 0.15) is 114 Å². The quantitative estimate of drug-likeness (QED) is 0.0531. The molecule has 2 spiro atoms. The number of carbonyl (C=O) groups excluding carboxylic acids is 2. The first kappa shape index (κ1) is 39.9. The molecule has 4 aliphatic heterocycles.